The van der Waals surface area contributed by atoms with Gasteiger partial charge in [0.1, 0.15) is 35.5 Å². The zero-order valence-electron chi connectivity index (χ0n) is 19.8. The number of ether oxygens (including phenoxy) is 2. The summed E-state index contributed by atoms with van der Waals surface area (Å²) >= 11 is 0. The maximum absolute atomic E-state index is 12.9. The lowest BCUT2D eigenvalue weighted by molar-refractivity contribution is -0.123. The van der Waals surface area contributed by atoms with Crippen LogP contribution in [0, 0.1) is 0 Å². The Kier molecular flexibility index (Phi) is 7.49. The number of hydrogen-bond donors (Lipinski definition) is 3. The number of methoxy groups -OCH3 is 1. The second-order valence-corrected chi connectivity index (χ2v) is 8.32. The number of carbonyl (C=O) groups excluding carboxylic acids is 3. The van der Waals surface area contributed by atoms with Crippen LogP contribution in [-0.4, -0.2) is 60.1 Å². The van der Waals surface area contributed by atoms with Crippen molar-refractivity contribution in [2.24, 2.45) is 7.05 Å². The molecule has 1 aliphatic heterocycles. The van der Waals surface area contributed by atoms with Gasteiger partial charge in [-0.2, -0.15) is 0 Å². The Morgan fingerprint density at radius 3 is 2.83 bits per heavy atom. The molecule has 0 saturated heterocycles. The Morgan fingerprint density at radius 2 is 2.00 bits per heavy atom. The molecule has 2 aromatic heterocycles. The molecule has 3 aromatic rings. The van der Waals surface area contributed by atoms with Crippen LogP contribution in [0.15, 0.2) is 42.6 Å². The first-order chi connectivity index (χ1) is 17.0. The number of fused-ring (bicyclic) bond motifs is 2. The molecule has 3 N–H and O–H groups in total. The van der Waals surface area contributed by atoms with Crippen molar-refractivity contribution in [3.8, 4) is 11.5 Å². The molecule has 10 nitrogen and oxygen atoms in total. The maximum Gasteiger partial charge on any atom is 0.270 e. The number of pyridine rings is 1. The highest BCUT2D eigenvalue weighted by atomic mass is 16.5. The van der Waals surface area contributed by atoms with Gasteiger partial charge in [0.2, 0.25) is 5.91 Å². The van der Waals surface area contributed by atoms with Gasteiger partial charge in [0.05, 0.1) is 19.2 Å². The van der Waals surface area contributed by atoms with Crippen LogP contribution in [0.3, 0.4) is 0 Å². The largest absolute Gasteiger partial charge is 0.497 e. The Bertz CT molecular complexity index is 1240. The van der Waals surface area contributed by atoms with Gasteiger partial charge in [0, 0.05) is 31.2 Å². The van der Waals surface area contributed by atoms with E-state index in [-0.39, 0.29) is 30.7 Å². The number of rotatable bonds is 3. The zero-order chi connectivity index (χ0) is 24.8. The second kappa shape index (κ2) is 10.9. The van der Waals surface area contributed by atoms with E-state index in [4.69, 9.17) is 9.47 Å². The number of benzene rings is 1. The van der Waals surface area contributed by atoms with E-state index in [1.54, 1.807) is 24.3 Å². The number of hydrogen-bond acceptors (Lipinski definition) is 6. The third-order valence-corrected chi connectivity index (χ3v) is 5.87. The number of aryl methyl sites for hydroxylation is 1. The van der Waals surface area contributed by atoms with E-state index in [1.165, 1.54) is 7.11 Å². The molecule has 35 heavy (non-hydrogen) atoms. The van der Waals surface area contributed by atoms with Crippen molar-refractivity contribution in [2.75, 3.05) is 26.8 Å². The molecule has 0 aliphatic carbocycles. The van der Waals surface area contributed by atoms with Crippen molar-refractivity contribution in [3.63, 3.8) is 0 Å². The Labute approximate surface area is 203 Å². The minimum atomic E-state index is -0.737. The summed E-state index contributed by atoms with van der Waals surface area (Å²) in [5, 5.41) is 9.44. The van der Waals surface area contributed by atoms with Crippen molar-refractivity contribution >= 4 is 28.8 Å². The van der Waals surface area contributed by atoms with E-state index in [2.05, 4.69) is 20.9 Å². The summed E-state index contributed by atoms with van der Waals surface area (Å²) in [5.74, 6) is -0.0173. The topological polar surface area (TPSA) is 124 Å². The summed E-state index contributed by atoms with van der Waals surface area (Å²) in [4.78, 5) is 42.8. The van der Waals surface area contributed by atoms with Gasteiger partial charge in [-0.3, -0.25) is 14.4 Å². The fourth-order valence-corrected chi connectivity index (χ4v) is 3.93. The van der Waals surface area contributed by atoms with Crippen LogP contribution in [0.25, 0.3) is 11.0 Å². The summed E-state index contributed by atoms with van der Waals surface area (Å²) in [6.45, 7) is 0.779. The van der Waals surface area contributed by atoms with E-state index in [0.717, 1.165) is 5.39 Å². The van der Waals surface area contributed by atoms with Gasteiger partial charge in [-0.1, -0.05) is 0 Å². The van der Waals surface area contributed by atoms with Crippen LogP contribution in [0.4, 0.5) is 0 Å². The van der Waals surface area contributed by atoms with Crippen molar-refractivity contribution in [1.82, 2.24) is 25.5 Å². The molecule has 1 atom stereocenters. The molecule has 0 saturated carbocycles. The normalized spacial score (nSPS) is 17.4. The van der Waals surface area contributed by atoms with Crippen LogP contribution < -0.4 is 25.4 Å². The number of amides is 3. The van der Waals surface area contributed by atoms with Crippen LogP contribution in [0.1, 0.15) is 40.1 Å². The molecule has 10 heteroatoms. The number of carbonyl (C=O) groups is 3. The zero-order valence-corrected chi connectivity index (χ0v) is 19.8. The second-order valence-electron chi connectivity index (χ2n) is 8.32. The van der Waals surface area contributed by atoms with Crippen molar-refractivity contribution in [2.45, 2.75) is 25.3 Å². The van der Waals surface area contributed by atoms with Crippen LogP contribution in [0.5, 0.6) is 11.5 Å². The summed E-state index contributed by atoms with van der Waals surface area (Å²) in [6.07, 6.45) is 3.58. The standard InChI is InChI=1S/C25H29N5O5/c1-30-13-10-16-6-9-20(28-22(16)30)25(33)29-19-5-3-4-11-26-23(31)18-8-7-17(34-2)15-21(18)35-14-12-27-24(19)32/h6-10,13,15,19H,3-5,11-12,14H2,1-2H3,(H,26,31)(H,27,32)(H,29,33)/t19-/m0/s1. The molecule has 0 unspecified atom stereocenters. The molecular formula is C25H29N5O5. The molecule has 0 spiro atoms. The molecule has 1 aliphatic rings. The Morgan fingerprint density at radius 1 is 1.14 bits per heavy atom. The molecule has 3 amide bonds. The number of aromatic nitrogens is 2. The lowest BCUT2D eigenvalue weighted by Gasteiger charge is -2.20. The lowest BCUT2D eigenvalue weighted by Crippen LogP contribution is -2.47. The first-order valence-electron chi connectivity index (χ1n) is 11.6. The summed E-state index contributed by atoms with van der Waals surface area (Å²) in [6, 6.07) is 9.65. The quantitative estimate of drug-likeness (QED) is 0.526. The molecule has 1 aromatic carbocycles. The van der Waals surface area contributed by atoms with Gasteiger partial charge < -0.3 is 30.0 Å². The van der Waals surface area contributed by atoms with E-state index in [1.807, 2.05) is 29.9 Å². The van der Waals surface area contributed by atoms with E-state index >= 15 is 0 Å². The van der Waals surface area contributed by atoms with Crippen LogP contribution in [-0.2, 0) is 11.8 Å². The van der Waals surface area contributed by atoms with E-state index < -0.39 is 11.9 Å². The molecular weight excluding hydrogens is 450 g/mol. The molecule has 0 bridgehead atoms. The highest BCUT2D eigenvalue weighted by Gasteiger charge is 2.23. The van der Waals surface area contributed by atoms with Crippen LogP contribution >= 0.6 is 0 Å². The fraction of sp³-hybridized carbons (Fsp3) is 0.360. The third kappa shape index (κ3) is 5.71. The molecule has 0 fully saturated rings. The number of nitrogens with one attached hydrogen (secondary N) is 3. The SMILES string of the molecule is COc1ccc2c(c1)OCCNC(=O)[C@@H](NC(=O)c1ccc3ccn(C)c3n1)CCCCNC2=O. The summed E-state index contributed by atoms with van der Waals surface area (Å²) < 4.78 is 12.8. The molecule has 0 radical (unpaired) electrons. The average molecular weight is 480 g/mol. The van der Waals surface area contributed by atoms with Crippen molar-refractivity contribution < 1.29 is 23.9 Å². The average Bonchev–Trinajstić information content (AvgIpc) is 3.24. The Hall–Kier alpha value is -4.08. The van der Waals surface area contributed by atoms with Crippen molar-refractivity contribution in [1.29, 1.82) is 0 Å². The maximum atomic E-state index is 12.9. The summed E-state index contributed by atoms with van der Waals surface area (Å²) in [7, 11) is 3.39. The van der Waals surface area contributed by atoms with E-state index in [9.17, 15) is 14.4 Å². The van der Waals surface area contributed by atoms with Crippen molar-refractivity contribution in [3.05, 3.63) is 53.9 Å². The first kappa shape index (κ1) is 24.1. The minimum Gasteiger partial charge on any atom is -0.497 e. The van der Waals surface area contributed by atoms with Gasteiger partial charge >= 0.3 is 0 Å². The van der Waals surface area contributed by atoms with Gasteiger partial charge in [-0.15, -0.1) is 0 Å². The smallest absolute Gasteiger partial charge is 0.270 e. The third-order valence-electron chi connectivity index (χ3n) is 5.87. The Balaban J connectivity index is 1.45. The molecule has 4 rings (SSSR count). The lowest BCUT2D eigenvalue weighted by atomic mass is 10.1. The van der Waals surface area contributed by atoms with Gasteiger partial charge in [0.15, 0.2) is 0 Å². The molecule has 3 heterocycles. The number of nitrogens with zero attached hydrogens (tertiary/aromatic N) is 2. The monoisotopic (exact) mass is 479 g/mol. The van der Waals surface area contributed by atoms with Gasteiger partial charge in [-0.05, 0) is 49.6 Å². The fourth-order valence-electron chi connectivity index (χ4n) is 3.93. The summed E-state index contributed by atoms with van der Waals surface area (Å²) in [5.41, 5.74) is 1.34. The predicted molar refractivity (Wildman–Crippen MR) is 130 cm³/mol. The predicted octanol–water partition coefficient (Wildman–Crippen LogP) is 1.79. The highest BCUT2D eigenvalue weighted by Crippen LogP contribution is 2.25. The van der Waals surface area contributed by atoms with Crippen LogP contribution in [0.2, 0.25) is 0 Å². The minimum absolute atomic E-state index is 0.144. The molecule has 184 valence electrons. The first-order valence-corrected chi connectivity index (χ1v) is 11.6. The van der Waals surface area contributed by atoms with Gasteiger partial charge in [-0.25, -0.2) is 4.98 Å². The van der Waals surface area contributed by atoms with Gasteiger partial charge in [0.25, 0.3) is 11.8 Å². The van der Waals surface area contributed by atoms with E-state index in [0.29, 0.717) is 48.5 Å². The highest BCUT2D eigenvalue weighted by molar-refractivity contribution is 5.98.